The van der Waals surface area contributed by atoms with E-state index < -0.39 is 12.0 Å². The summed E-state index contributed by atoms with van der Waals surface area (Å²) in [5.41, 5.74) is 5.38. The van der Waals surface area contributed by atoms with Gasteiger partial charge in [-0.1, -0.05) is 57.6 Å². The van der Waals surface area contributed by atoms with Gasteiger partial charge in [0.15, 0.2) is 0 Å². The van der Waals surface area contributed by atoms with Crippen LogP contribution in [0.25, 0.3) is 0 Å². The number of aliphatic carboxylic acids is 1. The van der Waals surface area contributed by atoms with Crippen molar-refractivity contribution < 1.29 is 14.7 Å². The first-order chi connectivity index (χ1) is 11.5. The van der Waals surface area contributed by atoms with Gasteiger partial charge < -0.3 is 15.7 Å². The van der Waals surface area contributed by atoms with Gasteiger partial charge in [-0.15, -0.1) is 0 Å². The Bertz CT molecular complexity index is 405. The molecule has 0 aliphatic rings. The van der Waals surface area contributed by atoms with Crippen molar-refractivity contribution in [2.75, 3.05) is 7.05 Å². The van der Waals surface area contributed by atoms with Crippen molar-refractivity contribution in [1.29, 1.82) is 0 Å². The van der Waals surface area contributed by atoms with Crippen molar-refractivity contribution in [3.05, 3.63) is 24.4 Å². The first-order valence-electron chi connectivity index (χ1n) is 9.06. The normalized spacial score (nSPS) is 12.8. The average Bonchev–Trinajstić information content (AvgIpc) is 2.56. The van der Waals surface area contributed by atoms with Gasteiger partial charge in [-0.05, 0) is 25.3 Å². The van der Waals surface area contributed by atoms with Crippen LogP contribution in [-0.2, 0) is 9.59 Å². The molecule has 24 heavy (non-hydrogen) atoms. The number of hydrogen-bond donors (Lipinski definition) is 2. The van der Waals surface area contributed by atoms with Crippen LogP contribution in [0.15, 0.2) is 24.4 Å². The summed E-state index contributed by atoms with van der Waals surface area (Å²) >= 11 is 0. The molecule has 5 heteroatoms. The highest BCUT2D eigenvalue weighted by Gasteiger charge is 2.14. The number of nitrogens with zero attached hydrogens (tertiary/aromatic N) is 1. The average molecular weight is 338 g/mol. The molecule has 1 amide bonds. The van der Waals surface area contributed by atoms with Crippen molar-refractivity contribution >= 4 is 11.9 Å². The molecule has 5 nitrogen and oxygen atoms in total. The van der Waals surface area contributed by atoms with Crippen molar-refractivity contribution in [2.24, 2.45) is 5.73 Å². The fraction of sp³-hybridized carbons (Fsp3) is 0.684. The lowest BCUT2D eigenvalue weighted by Gasteiger charge is -2.12. The molecule has 0 rings (SSSR count). The van der Waals surface area contributed by atoms with E-state index in [1.54, 1.807) is 13.2 Å². The molecule has 0 aliphatic heterocycles. The number of carboxylic acid groups (broad SMARTS) is 1. The Morgan fingerprint density at radius 3 is 2.33 bits per heavy atom. The van der Waals surface area contributed by atoms with Crippen LogP contribution >= 0.6 is 0 Å². The van der Waals surface area contributed by atoms with Gasteiger partial charge in [-0.2, -0.15) is 0 Å². The number of allylic oxidation sites excluding steroid dienone is 3. The zero-order valence-electron chi connectivity index (χ0n) is 15.2. The minimum atomic E-state index is -1.07. The molecule has 1 unspecified atom stereocenters. The molecule has 0 aromatic heterocycles. The Morgan fingerprint density at radius 1 is 1.08 bits per heavy atom. The van der Waals surface area contributed by atoms with Gasteiger partial charge in [-0.25, -0.2) is 0 Å². The van der Waals surface area contributed by atoms with Crippen molar-refractivity contribution in [3.63, 3.8) is 0 Å². The van der Waals surface area contributed by atoms with Gasteiger partial charge in [0.2, 0.25) is 5.91 Å². The van der Waals surface area contributed by atoms with Crippen molar-refractivity contribution in [3.8, 4) is 0 Å². The number of hydrogen-bond acceptors (Lipinski definition) is 3. The number of carboxylic acids is 1. The third-order valence-electron chi connectivity index (χ3n) is 3.91. The summed E-state index contributed by atoms with van der Waals surface area (Å²) in [5.74, 6) is -1.21. The predicted octanol–water partition coefficient (Wildman–Crippen LogP) is 3.85. The highest BCUT2D eigenvalue weighted by Crippen LogP contribution is 2.08. The van der Waals surface area contributed by atoms with Crippen molar-refractivity contribution in [1.82, 2.24) is 4.90 Å². The number of unbranched alkanes of at least 4 members (excludes halogenated alkanes) is 7. The lowest BCUT2D eigenvalue weighted by molar-refractivity contribution is -0.138. The summed E-state index contributed by atoms with van der Waals surface area (Å²) in [4.78, 5) is 23.8. The number of nitrogens with two attached hydrogens (primary N) is 1. The van der Waals surface area contributed by atoms with E-state index in [1.165, 1.54) is 49.8 Å². The molecule has 1 atom stereocenters. The maximum Gasteiger partial charge on any atom is 0.320 e. The van der Waals surface area contributed by atoms with E-state index in [0.29, 0.717) is 0 Å². The summed E-state index contributed by atoms with van der Waals surface area (Å²) in [7, 11) is 1.66. The summed E-state index contributed by atoms with van der Waals surface area (Å²) in [5, 5.41) is 8.68. The molecule has 0 saturated heterocycles. The van der Waals surface area contributed by atoms with Crippen LogP contribution in [0.1, 0.15) is 71.1 Å². The van der Waals surface area contributed by atoms with E-state index >= 15 is 0 Å². The predicted molar refractivity (Wildman–Crippen MR) is 98.5 cm³/mol. The van der Waals surface area contributed by atoms with Crippen LogP contribution in [0.5, 0.6) is 0 Å². The fourth-order valence-corrected chi connectivity index (χ4v) is 2.23. The zero-order chi connectivity index (χ0) is 18.2. The van der Waals surface area contributed by atoms with Crippen LogP contribution in [0.2, 0.25) is 0 Å². The molecule has 3 N–H and O–H groups in total. The third kappa shape index (κ3) is 12.9. The van der Waals surface area contributed by atoms with Gasteiger partial charge in [0.25, 0.3) is 0 Å². The van der Waals surface area contributed by atoms with E-state index in [1.807, 2.05) is 12.2 Å². The quantitative estimate of drug-likeness (QED) is 0.372. The zero-order valence-corrected chi connectivity index (χ0v) is 15.2. The van der Waals surface area contributed by atoms with Gasteiger partial charge in [-0.3, -0.25) is 9.59 Å². The lowest BCUT2D eigenvalue weighted by atomic mass is 10.1. The second-order valence-electron chi connectivity index (χ2n) is 6.17. The minimum Gasteiger partial charge on any atom is -0.480 e. The van der Waals surface area contributed by atoms with Gasteiger partial charge >= 0.3 is 5.97 Å². The molecule has 0 radical (unpaired) electrons. The minimum absolute atomic E-state index is 0.135. The first kappa shape index (κ1) is 22.4. The van der Waals surface area contributed by atoms with Crippen LogP contribution in [0.4, 0.5) is 0 Å². The smallest absolute Gasteiger partial charge is 0.320 e. The van der Waals surface area contributed by atoms with Crippen molar-refractivity contribution in [2.45, 2.75) is 77.2 Å². The Labute approximate surface area is 146 Å². The third-order valence-corrected chi connectivity index (χ3v) is 3.91. The monoisotopic (exact) mass is 338 g/mol. The maximum atomic E-state index is 11.8. The summed E-state index contributed by atoms with van der Waals surface area (Å²) in [6.07, 6.45) is 18.1. The van der Waals surface area contributed by atoms with Crippen LogP contribution < -0.4 is 5.73 Å². The molecule has 0 aliphatic carbocycles. The van der Waals surface area contributed by atoms with Gasteiger partial charge in [0.05, 0.1) is 0 Å². The second kappa shape index (κ2) is 14.9. The van der Waals surface area contributed by atoms with Crippen LogP contribution in [0, 0.1) is 0 Å². The SMILES string of the molecule is CCCCCCCCC/C=C/C=C/N(C)C(=O)CCC(N)C(=O)O. The maximum absolute atomic E-state index is 11.8. The number of carbonyl (C=O) groups is 2. The Hall–Kier alpha value is -1.62. The topological polar surface area (TPSA) is 83.6 Å². The molecule has 138 valence electrons. The Morgan fingerprint density at radius 2 is 1.71 bits per heavy atom. The summed E-state index contributed by atoms with van der Waals surface area (Å²) in [6, 6.07) is -0.979. The second-order valence-corrected chi connectivity index (χ2v) is 6.17. The Balaban J connectivity index is 3.73. The molecule has 0 bridgehead atoms. The van der Waals surface area contributed by atoms with E-state index in [9.17, 15) is 9.59 Å². The van der Waals surface area contributed by atoms with Gasteiger partial charge in [0, 0.05) is 19.7 Å². The van der Waals surface area contributed by atoms with Crippen LogP contribution in [-0.4, -0.2) is 35.0 Å². The molecule has 0 spiro atoms. The van der Waals surface area contributed by atoms with E-state index in [0.717, 1.165) is 6.42 Å². The van der Waals surface area contributed by atoms with Gasteiger partial charge in [0.1, 0.15) is 6.04 Å². The molecule has 0 saturated carbocycles. The van der Waals surface area contributed by atoms with E-state index in [-0.39, 0.29) is 18.7 Å². The Kier molecular flexibility index (Phi) is 13.9. The summed E-state index contributed by atoms with van der Waals surface area (Å²) in [6.45, 7) is 2.23. The first-order valence-corrected chi connectivity index (χ1v) is 9.06. The molecule has 0 heterocycles. The van der Waals surface area contributed by atoms with E-state index in [2.05, 4.69) is 13.0 Å². The summed E-state index contributed by atoms with van der Waals surface area (Å²) < 4.78 is 0. The van der Waals surface area contributed by atoms with E-state index in [4.69, 9.17) is 10.8 Å². The molecule has 0 aromatic rings. The number of amides is 1. The number of rotatable bonds is 14. The standard InChI is InChI=1S/C19H34N2O3/c1-3-4-5-6-7-8-9-10-11-12-13-16-21(2)18(22)15-14-17(20)19(23)24/h11-13,16-17H,3-10,14-15,20H2,1-2H3,(H,23,24)/b12-11+,16-13+. The molecular formula is C19H34N2O3. The fourth-order valence-electron chi connectivity index (χ4n) is 2.23. The van der Waals surface area contributed by atoms with Crippen LogP contribution in [0.3, 0.4) is 0 Å². The molecular weight excluding hydrogens is 304 g/mol. The largest absolute Gasteiger partial charge is 0.480 e. The highest BCUT2D eigenvalue weighted by molar-refractivity contribution is 5.78. The molecule has 0 fully saturated rings. The number of carbonyl (C=O) groups excluding carboxylic acids is 1. The highest BCUT2D eigenvalue weighted by atomic mass is 16.4. The molecule has 0 aromatic carbocycles. The lowest BCUT2D eigenvalue weighted by Crippen LogP contribution is -2.32.